The van der Waals surface area contributed by atoms with Gasteiger partial charge in [0, 0.05) is 30.4 Å². The van der Waals surface area contributed by atoms with Crippen molar-refractivity contribution in [1.29, 1.82) is 0 Å². The highest BCUT2D eigenvalue weighted by molar-refractivity contribution is 5.96. The second-order valence-electron chi connectivity index (χ2n) is 9.40. The molecule has 1 aromatic carbocycles. The van der Waals surface area contributed by atoms with Crippen molar-refractivity contribution in [2.24, 2.45) is 5.84 Å². The highest BCUT2D eigenvalue weighted by atomic mass is 16.5. The number of benzene rings is 1. The lowest BCUT2D eigenvalue weighted by Gasteiger charge is -2.22. The number of ether oxygens (including phenoxy) is 1. The van der Waals surface area contributed by atoms with Crippen molar-refractivity contribution < 1.29 is 19.1 Å². The summed E-state index contributed by atoms with van der Waals surface area (Å²) in [6.45, 7) is 8.17. The first kappa shape index (κ1) is 28.5. The van der Waals surface area contributed by atoms with Gasteiger partial charge in [-0.1, -0.05) is 30.3 Å². The Hall–Kier alpha value is -3.78. The van der Waals surface area contributed by atoms with E-state index in [2.05, 4.69) is 50.4 Å². The van der Waals surface area contributed by atoms with Crippen LogP contribution in [-0.4, -0.2) is 35.3 Å². The Morgan fingerprint density at radius 3 is 2.19 bits per heavy atom. The summed E-state index contributed by atoms with van der Waals surface area (Å²) >= 11 is 0. The zero-order valence-electron chi connectivity index (χ0n) is 21.5. The van der Waals surface area contributed by atoms with Crippen molar-refractivity contribution in [3.05, 3.63) is 83.3 Å². The average Bonchev–Trinajstić information content (AvgIpc) is 2.86. The molecule has 1 aromatic heterocycles. The van der Waals surface area contributed by atoms with Crippen LogP contribution in [0, 0.1) is 0 Å². The van der Waals surface area contributed by atoms with Gasteiger partial charge in [-0.25, -0.2) is 5.84 Å². The van der Waals surface area contributed by atoms with Crippen molar-refractivity contribution >= 4 is 23.9 Å². The van der Waals surface area contributed by atoms with Gasteiger partial charge < -0.3 is 9.64 Å². The van der Waals surface area contributed by atoms with E-state index in [1.54, 1.807) is 6.92 Å². The fourth-order valence-electron chi connectivity index (χ4n) is 3.30. The van der Waals surface area contributed by atoms with E-state index in [1.807, 2.05) is 51.4 Å². The number of hydrogen-bond acceptors (Lipinski definition) is 7. The topological polar surface area (TPSA) is 115 Å². The molecule has 0 atom stereocenters. The zero-order valence-corrected chi connectivity index (χ0v) is 21.5. The van der Waals surface area contributed by atoms with Gasteiger partial charge in [0.25, 0.3) is 6.47 Å². The number of carbonyl (C=O) groups excluding carboxylic acids is 3. The Bertz CT molecular complexity index is 1070. The number of amides is 1. The van der Waals surface area contributed by atoms with Crippen molar-refractivity contribution in [3.63, 3.8) is 0 Å². The molecule has 0 aliphatic carbocycles. The van der Waals surface area contributed by atoms with Gasteiger partial charge in [-0.2, -0.15) is 0 Å². The number of hydrogen-bond donors (Lipinski definition) is 2. The van der Waals surface area contributed by atoms with E-state index in [0.29, 0.717) is 25.9 Å². The van der Waals surface area contributed by atoms with Gasteiger partial charge in [-0.3, -0.25) is 24.8 Å². The molecule has 0 unspecified atom stereocenters. The molecule has 36 heavy (non-hydrogen) atoms. The summed E-state index contributed by atoms with van der Waals surface area (Å²) in [5.41, 5.74) is 6.99. The number of ketones is 1. The van der Waals surface area contributed by atoms with Crippen molar-refractivity contribution in [1.82, 2.24) is 10.4 Å². The number of Topliss-reactive ketones (excluding diaryl/α,β-unsaturated/α-hetero) is 1. The Balaban J connectivity index is 0.000000572. The monoisotopic (exact) mass is 492 g/mol. The number of anilines is 1. The van der Waals surface area contributed by atoms with E-state index in [4.69, 9.17) is 5.84 Å². The first-order chi connectivity index (χ1) is 17.1. The molecule has 0 fully saturated rings. The first-order valence-electron chi connectivity index (χ1n) is 11.9. The van der Waals surface area contributed by atoms with Crippen LogP contribution < -0.4 is 16.2 Å². The Morgan fingerprint density at radius 2 is 1.75 bits per heavy atom. The highest BCUT2D eigenvalue weighted by Crippen LogP contribution is 2.19. The van der Waals surface area contributed by atoms with Crippen LogP contribution in [0.5, 0.6) is 0 Å². The van der Waals surface area contributed by atoms with Gasteiger partial charge in [-0.15, -0.1) is 0 Å². The molecule has 0 spiro atoms. The van der Waals surface area contributed by atoms with Gasteiger partial charge >= 0.3 is 0 Å². The molecule has 192 valence electrons. The molecule has 2 heterocycles. The molecule has 3 rings (SSSR count). The number of nitrogens with two attached hydrogens (primary N) is 1. The van der Waals surface area contributed by atoms with E-state index in [-0.39, 0.29) is 17.3 Å². The standard InChI is InChI=1S/C23H26N4O2.C5H10O2/c1-17(28)20-12-14-27(15-13-20)22-10-9-21(25-16-22)8-6-18-2-4-19(5-3-18)7-11-23(29)26-24;1-5(2,3)7-4-6/h2-5,9-10,12-14,16H,6-8,11,15,24H2,1H3,(H,26,29);4H,1-3H3. The molecule has 0 radical (unpaired) electrons. The third-order valence-electron chi connectivity index (χ3n) is 5.39. The predicted octanol–water partition coefficient (Wildman–Crippen LogP) is 3.60. The second-order valence-corrected chi connectivity index (χ2v) is 9.40. The fourth-order valence-corrected chi connectivity index (χ4v) is 3.30. The molecular formula is C28H36N4O4. The average molecular weight is 493 g/mol. The lowest BCUT2D eigenvalue weighted by molar-refractivity contribution is -0.138. The van der Waals surface area contributed by atoms with Gasteiger partial charge in [0.15, 0.2) is 5.78 Å². The smallest absolute Gasteiger partial charge is 0.293 e. The SMILES string of the molecule is CC(=O)C1=CCN(c2ccc(CCc3ccc(CCC(=O)NN)cc3)nc2)C=C1.CC(C)(C)OC=O. The summed E-state index contributed by atoms with van der Waals surface area (Å²) in [7, 11) is 0. The Kier molecular flexibility index (Phi) is 11.0. The molecule has 3 N–H and O–H groups in total. The van der Waals surface area contributed by atoms with Crippen LogP contribution in [0.2, 0.25) is 0 Å². The molecule has 8 nitrogen and oxygen atoms in total. The number of hydrazine groups is 1. The van der Waals surface area contributed by atoms with Gasteiger partial charge in [-0.05, 0) is 76.3 Å². The van der Waals surface area contributed by atoms with Crippen LogP contribution in [0.15, 0.2) is 66.5 Å². The Morgan fingerprint density at radius 1 is 1.08 bits per heavy atom. The van der Waals surface area contributed by atoms with Gasteiger partial charge in [0.2, 0.25) is 5.91 Å². The van der Waals surface area contributed by atoms with Crippen molar-refractivity contribution in [2.45, 2.75) is 59.0 Å². The number of rotatable bonds is 9. The predicted molar refractivity (Wildman–Crippen MR) is 141 cm³/mol. The normalized spacial score (nSPS) is 12.7. The quantitative estimate of drug-likeness (QED) is 0.238. The minimum absolute atomic E-state index is 0.0865. The molecule has 1 aliphatic rings. The van der Waals surface area contributed by atoms with Gasteiger partial charge in [0.05, 0.1) is 11.9 Å². The Labute approximate surface area is 213 Å². The lowest BCUT2D eigenvalue weighted by atomic mass is 10.0. The molecule has 0 saturated heterocycles. The third-order valence-corrected chi connectivity index (χ3v) is 5.39. The number of aromatic nitrogens is 1. The molecule has 1 amide bonds. The number of nitrogens with one attached hydrogen (secondary N) is 1. The minimum Gasteiger partial charge on any atom is -0.462 e. The van der Waals surface area contributed by atoms with E-state index < -0.39 is 0 Å². The largest absolute Gasteiger partial charge is 0.462 e. The fraction of sp³-hybridized carbons (Fsp3) is 0.357. The molecule has 0 saturated carbocycles. The summed E-state index contributed by atoms with van der Waals surface area (Å²) in [6.07, 6.45) is 10.4. The van der Waals surface area contributed by atoms with Crippen LogP contribution in [0.1, 0.15) is 50.9 Å². The number of pyridine rings is 1. The van der Waals surface area contributed by atoms with Crippen LogP contribution >= 0.6 is 0 Å². The summed E-state index contributed by atoms with van der Waals surface area (Å²) < 4.78 is 4.55. The van der Waals surface area contributed by atoms with E-state index in [9.17, 15) is 14.4 Å². The summed E-state index contributed by atoms with van der Waals surface area (Å²) in [5.74, 6) is 5.03. The number of carbonyl (C=O) groups is 3. The molecular weight excluding hydrogens is 456 g/mol. The van der Waals surface area contributed by atoms with E-state index in [0.717, 1.165) is 35.4 Å². The summed E-state index contributed by atoms with van der Waals surface area (Å²) in [4.78, 5) is 38.8. The maximum atomic E-state index is 11.4. The molecule has 2 aromatic rings. The first-order valence-corrected chi connectivity index (χ1v) is 11.9. The number of aryl methyl sites for hydroxylation is 3. The zero-order chi connectivity index (χ0) is 26.6. The maximum Gasteiger partial charge on any atom is 0.293 e. The minimum atomic E-state index is -0.318. The van der Waals surface area contributed by atoms with Crippen LogP contribution in [0.25, 0.3) is 0 Å². The lowest BCUT2D eigenvalue weighted by Crippen LogP contribution is -2.30. The summed E-state index contributed by atoms with van der Waals surface area (Å²) in [6, 6.07) is 12.4. The van der Waals surface area contributed by atoms with Crippen LogP contribution in [0.4, 0.5) is 5.69 Å². The number of allylic oxidation sites excluding steroid dienone is 2. The number of nitrogens with zero attached hydrogens (tertiary/aromatic N) is 2. The maximum absolute atomic E-state index is 11.4. The highest BCUT2D eigenvalue weighted by Gasteiger charge is 2.10. The van der Waals surface area contributed by atoms with Crippen LogP contribution in [0.3, 0.4) is 0 Å². The summed E-state index contributed by atoms with van der Waals surface area (Å²) in [5, 5.41) is 0. The van der Waals surface area contributed by atoms with E-state index >= 15 is 0 Å². The second kappa shape index (κ2) is 13.9. The third kappa shape index (κ3) is 10.2. The van der Waals surface area contributed by atoms with Crippen LogP contribution in [-0.2, 0) is 38.4 Å². The van der Waals surface area contributed by atoms with Crippen molar-refractivity contribution in [2.75, 3.05) is 11.4 Å². The molecule has 8 heteroatoms. The molecule has 1 aliphatic heterocycles. The molecule has 0 bridgehead atoms. The van der Waals surface area contributed by atoms with E-state index in [1.165, 1.54) is 5.56 Å². The van der Waals surface area contributed by atoms with Gasteiger partial charge in [0.1, 0.15) is 5.60 Å². The van der Waals surface area contributed by atoms with Crippen molar-refractivity contribution in [3.8, 4) is 0 Å².